The van der Waals surface area contributed by atoms with Gasteiger partial charge in [0.05, 0.1) is 17.6 Å². The van der Waals surface area contributed by atoms with Gasteiger partial charge < -0.3 is 10.2 Å². The van der Waals surface area contributed by atoms with Crippen LogP contribution in [0.5, 0.6) is 0 Å². The number of anilines is 2. The second kappa shape index (κ2) is 6.48. The molecule has 0 aliphatic heterocycles. The van der Waals surface area contributed by atoms with E-state index in [1.54, 1.807) is 6.07 Å². The summed E-state index contributed by atoms with van der Waals surface area (Å²) in [6.07, 6.45) is 1.81. The highest BCUT2D eigenvalue weighted by Gasteiger charge is 2.08. The first kappa shape index (κ1) is 14.5. The number of hydrogen-bond donors (Lipinski definition) is 1. The van der Waals surface area contributed by atoms with E-state index < -0.39 is 0 Å². The Morgan fingerprint density at radius 2 is 2.05 bits per heavy atom. The van der Waals surface area contributed by atoms with Crippen molar-refractivity contribution in [3.8, 4) is 0 Å². The molecule has 1 atom stereocenters. The molecule has 0 saturated carbocycles. The Morgan fingerprint density at radius 3 is 2.65 bits per heavy atom. The van der Waals surface area contributed by atoms with E-state index in [2.05, 4.69) is 24.1 Å². The van der Waals surface area contributed by atoms with Crippen LogP contribution in [0, 0.1) is 5.82 Å². The summed E-state index contributed by atoms with van der Waals surface area (Å²) in [5, 5.41) is 3.32. The second-order valence-corrected chi connectivity index (χ2v) is 4.76. The molecule has 0 saturated heterocycles. The minimum atomic E-state index is -0.236. The van der Waals surface area contributed by atoms with E-state index >= 15 is 0 Å². The van der Waals surface area contributed by atoms with Gasteiger partial charge in [-0.2, -0.15) is 0 Å². The molecule has 2 rings (SSSR count). The highest BCUT2D eigenvalue weighted by atomic mass is 19.1. The number of nitrogens with one attached hydrogen (secondary N) is 1. The molecule has 2 aromatic rings. The summed E-state index contributed by atoms with van der Waals surface area (Å²) in [4.78, 5) is 6.38. The van der Waals surface area contributed by atoms with Crippen molar-refractivity contribution >= 4 is 11.4 Å². The molecule has 3 nitrogen and oxygen atoms in total. The van der Waals surface area contributed by atoms with Crippen LogP contribution in [0.25, 0.3) is 0 Å². The van der Waals surface area contributed by atoms with Crippen molar-refractivity contribution < 1.29 is 4.39 Å². The van der Waals surface area contributed by atoms with E-state index in [0.717, 1.165) is 23.6 Å². The number of pyridine rings is 1. The van der Waals surface area contributed by atoms with E-state index in [1.165, 1.54) is 12.1 Å². The number of hydrogen-bond acceptors (Lipinski definition) is 3. The molecule has 1 aromatic heterocycles. The second-order valence-electron chi connectivity index (χ2n) is 4.76. The van der Waals surface area contributed by atoms with Crippen LogP contribution in [-0.2, 0) is 0 Å². The minimum absolute atomic E-state index is 0.230. The number of rotatable bonds is 5. The molecule has 0 fully saturated rings. The fraction of sp³-hybridized carbons (Fsp3) is 0.312. The van der Waals surface area contributed by atoms with Crippen LogP contribution in [0.4, 0.5) is 15.8 Å². The number of halogens is 1. The van der Waals surface area contributed by atoms with Crippen molar-refractivity contribution in [1.29, 1.82) is 0 Å². The smallest absolute Gasteiger partial charge is 0.125 e. The first-order valence-electron chi connectivity index (χ1n) is 6.80. The van der Waals surface area contributed by atoms with Crippen LogP contribution in [0.15, 0.2) is 42.6 Å². The number of nitrogens with zero attached hydrogens (tertiary/aromatic N) is 2. The first-order chi connectivity index (χ1) is 9.61. The van der Waals surface area contributed by atoms with Crippen LogP contribution in [0.1, 0.15) is 25.6 Å². The van der Waals surface area contributed by atoms with E-state index in [9.17, 15) is 4.39 Å². The maximum absolute atomic E-state index is 13.2. The highest BCUT2D eigenvalue weighted by Crippen LogP contribution is 2.24. The van der Waals surface area contributed by atoms with Crippen LogP contribution >= 0.6 is 0 Å². The highest BCUT2D eigenvalue weighted by molar-refractivity contribution is 5.61. The maximum Gasteiger partial charge on any atom is 0.125 e. The van der Waals surface area contributed by atoms with Crippen LogP contribution in [0.3, 0.4) is 0 Å². The number of aromatic nitrogens is 1. The molecule has 0 spiro atoms. The van der Waals surface area contributed by atoms with Gasteiger partial charge in [0.25, 0.3) is 0 Å². The topological polar surface area (TPSA) is 28.2 Å². The minimum Gasteiger partial charge on any atom is -0.343 e. The number of benzene rings is 1. The third-order valence-corrected chi connectivity index (χ3v) is 3.31. The molecule has 0 bridgehead atoms. The molecule has 0 aliphatic rings. The van der Waals surface area contributed by atoms with Crippen molar-refractivity contribution in [1.82, 2.24) is 10.3 Å². The van der Waals surface area contributed by atoms with E-state index in [-0.39, 0.29) is 11.9 Å². The molecule has 1 heterocycles. The van der Waals surface area contributed by atoms with Crippen molar-refractivity contribution in [2.24, 2.45) is 0 Å². The molecule has 0 aliphatic carbocycles. The van der Waals surface area contributed by atoms with E-state index in [4.69, 9.17) is 0 Å². The van der Waals surface area contributed by atoms with Gasteiger partial charge in [0.1, 0.15) is 5.82 Å². The van der Waals surface area contributed by atoms with Gasteiger partial charge in [-0.3, -0.25) is 4.98 Å². The summed E-state index contributed by atoms with van der Waals surface area (Å²) in [6, 6.07) is 10.8. The monoisotopic (exact) mass is 273 g/mol. The van der Waals surface area contributed by atoms with E-state index in [0.29, 0.717) is 0 Å². The Labute approximate surface area is 119 Å². The largest absolute Gasteiger partial charge is 0.343 e. The maximum atomic E-state index is 13.2. The lowest BCUT2D eigenvalue weighted by molar-refractivity contribution is 0.583. The lowest BCUT2D eigenvalue weighted by Gasteiger charge is -2.20. The predicted octanol–water partition coefficient (Wildman–Crippen LogP) is 3.66. The van der Waals surface area contributed by atoms with Gasteiger partial charge in [-0.05, 0) is 43.8 Å². The average Bonchev–Trinajstić information content (AvgIpc) is 2.47. The fourth-order valence-corrected chi connectivity index (χ4v) is 2.10. The zero-order chi connectivity index (χ0) is 14.5. The molecule has 20 heavy (non-hydrogen) atoms. The molecule has 1 N–H and O–H groups in total. The van der Waals surface area contributed by atoms with Gasteiger partial charge in [0.15, 0.2) is 0 Å². The summed E-state index contributed by atoms with van der Waals surface area (Å²) in [6.45, 7) is 5.07. The average molecular weight is 273 g/mol. The van der Waals surface area contributed by atoms with Crippen LogP contribution in [0.2, 0.25) is 0 Å². The summed E-state index contributed by atoms with van der Waals surface area (Å²) >= 11 is 0. The molecule has 0 amide bonds. The van der Waals surface area contributed by atoms with Gasteiger partial charge in [-0.1, -0.05) is 13.0 Å². The lowest BCUT2D eigenvalue weighted by Crippen LogP contribution is -2.19. The van der Waals surface area contributed by atoms with Gasteiger partial charge >= 0.3 is 0 Å². The Balaban J connectivity index is 2.17. The summed E-state index contributed by atoms with van der Waals surface area (Å²) < 4.78 is 13.2. The third kappa shape index (κ3) is 3.33. The molecular weight excluding hydrogens is 253 g/mol. The third-order valence-electron chi connectivity index (χ3n) is 3.31. The Kier molecular flexibility index (Phi) is 4.69. The molecular formula is C16H20FN3. The SMILES string of the molecule is CCNC(C)c1ccc(N(C)c2cccc(F)c2)cn1. The lowest BCUT2D eigenvalue weighted by atomic mass is 10.2. The summed E-state index contributed by atoms with van der Waals surface area (Å²) in [5.41, 5.74) is 2.74. The van der Waals surface area contributed by atoms with E-state index in [1.807, 2.05) is 36.3 Å². The standard InChI is InChI=1S/C16H20FN3/c1-4-18-12(2)16-9-8-15(11-19-16)20(3)14-7-5-6-13(17)10-14/h5-12,18H,4H2,1-3H3. The van der Waals surface area contributed by atoms with Crippen LogP contribution < -0.4 is 10.2 Å². The first-order valence-corrected chi connectivity index (χ1v) is 6.80. The van der Waals surface area contributed by atoms with Gasteiger partial charge in [0, 0.05) is 18.8 Å². The quantitative estimate of drug-likeness (QED) is 0.901. The summed E-state index contributed by atoms with van der Waals surface area (Å²) in [7, 11) is 1.90. The predicted molar refractivity (Wildman–Crippen MR) is 80.8 cm³/mol. The summed E-state index contributed by atoms with van der Waals surface area (Å²) in [5.74, 6) is -0.236. The van der Waals surface area contributed by atoms with Crippen molar-refractivity contribution in [2.45, 2.75) is 19.9 Å². The Morgan fingerprint density at radius 1 is 1.25 bits per heavy atom. The Hall–Kier alpha value is -1.94. The molecule has 1 unspecified atom stereocenters. The normalized spacial score (nSPS) is 12.2. The molecule has 0 radical (unpaired) electrons. The fourth-order valence-electron chi connectivity index (χ4n) is 2.10. The Bertz CT molecular complexity index is 554. The molecule has 4 heteroatoms. The van der Waals surface area contributed by atoms with Gasteiger partial charge in [-0.25, -0.2) is 4.39 Å². The molecule has 106 valence electrons. The zero-order valence-corrected chi connectivity index (χ0v) is 12.1. The van der Waals surface area contributed by atoms with Gasteiger partial charge in [-0.15, -0.1) is 0 Å². The van der Waals surface area contributed by atoms with Crippen molar-refractivity contribution in [2.75, 3.05) is 18.5 Å². The molecule has 1 aromatic carbocycles. The van der Waals surface area contributed by atoms with Gasteiger partial charge in [0.2, 0.25) is 0 Å². The van der Waals surface area contributed by atoms with Crippen molar-refractivity contribution in [3.05, 3.63) is 54.1 Å². The van der Waals surface area contributed by atoms with Crippen molar-refractivity contribution in [3.63, 3.8) is 0 Å². The zero-order valence-electron chi connectivity index (χ0n) is 12.1. The van der Waals surface area contributed by atoms with Crippen LogP contribution in [-0.4, -0.2) is 18.6 Å².